The van der Waals surface area contributed by atoms with Crippen molar-refractivity contribution in [1.29, 1.82) is 0 Å². The first-order chi connectivity index (χ1) is 15.4. The van der Waals surface area contributed by atoms with Crippen molar-refractivity contribution in [2.24, 2.45) is 5.92 Å². The molecule has 3 rings (SSSR count). The molecule has 0 spiro atoms. The number of aliphatic hydroxyl groups is 1. The fourth-order valence-electron chi connectivity index (χ4n) is 4.95. The molecule has 0 amide bonds. The van der Waals surface area contributed by atoms with Crippen molar-refractivity contribution < 1.29 is 14.6 Å². The summed E-state index contributed by atoms with van der Waals surface area (Å²) in [7, 11) is 0. The van der Waals surface area contributed by atoms with Gasteiger partial charge >= 0.3 is 0 Å². The molecule has 3 unspecified atom stereocenters. The average Bonchev–Trinajstić information content (AvgIpc) is 2.81. The summed E-state index contributed by atoms with van der Waals surface area (Å²) >= 11 is 0. The van der Waals surface area contributed by atoms with Gasteiger partial charge < -0.3 is 14.6 Å². The van der Waals surface area contributed by atoms with Crippen LogP contribution in [-0.4, -0.2) is 17.5 Å². The minimum Gasteiger partial charge on any atom is -0.489 e. The Morgan fingerprint density at radius 3 is 2.56 bits per heavy atom. The van der Waals surface area contributed by atoms with Crippen LogP contribution >= 0.6 is 0 Å². The van der Waals surface area contributed by atoms with E-state index >= 15 is 0 Å². The number of benzene rings is 2. The molecule has 0 radical (unpaired) electrons. The monoisotopic (exact) mass is 436 g/mol. The summed E-state index contributed by atoms with van der Waals surface area (Å²) in [6.07, 6.45) is 8.95. The van der Waals surface area contributed by atoms with Gasteiger partial charge in [-0.1, -0.05) is 88.9 Å². The fourth-order valence-corrected chi connectivity index (χ4v) is 4.95. The predicted octanol–water partition coefficient (Wildman–Crippen LogP) is 6.96. The Bertz CT molecular complexity index is 843. The molecule has 32 heavy (non-hydrogen) atoms. The molecule has 0 aliphatic heterocycles. The molecule has 3 atom stereocenters. The van der Waals surface area contributed by atoms with Gasteiger partial charge in [-0.3, -0.25) is 0 Å². The van der Waals surface area contributed by atoms with E-state index in [9.17, 15) is 9.90 Å². The van der Waals surface area contributed by atoms with Gasteiger partial charge in [0.1, 0.15) is 18.6 Å². The zero-order valence-corrected chi connectivity index (χ0v) is 20.1. The summed E-state index contributed by atoms with van der Waals surface area (Å²) in [6.45, 7) is 7.37. The van der Waals surface area contributed by atoms with Crippen LogP contribution in [0.25, 0.3) is 0 Å². The Morgan fingerprint density at radius 1 is 1.06 bits per heavy atom. The van der Waals surface area contributed by atoms with Gasteiger partial charge in [-0.15, -0.1) is 0 Å². The predicted molar refractivity (Wildman–Crippen MR) is 131 cm³/mol. The molecule has 3 heteroatoms. The highest BCUT2D eigenvalue weighted by molar-refractivity contribution is 5.58. The van der Waals surface area contributed by atoms with Crippen molar-refractivity contribution >= 4 is 6.29 Å². The molecule has 0 saturated heterocycles. The summed E-state index contributed by atoms with van der Waals surface area (Å²) < 4.78 is 6.39. The molecule has 1 aliphatic carbocycles. The van der Waals surface area contributed by atoms with E-state index in [0.717, 1.165) is 36.0 Å². The van der Waals surface area contributed by atoms with Crippen LogP contribution in [-0.2, 0) is 16.8 Å². The number of carbonyl (C=O) groups excluding carboxylic acids is 1. The smallest absolute Gasteiger partial charge is 0.123 e. The summed E-state index contributed by atoms with van der Waals surface area (Å²) in [5.41, 5.74) is 3.52. The molecule has 2 aromatic rings. The van der Waals surface area contributed by atoms with E-state index in [-0.39, 0.29) is 23.4 Å². The van der Waals surface area contributed by atoms with Gasteiger partial charge in [-0.05, 0) is 59.8 Å². The van der Waals surface area contributed by atoms with Crippen LogP contribution in [0.2, 0.25) is 0 Å². The molecular weight excluding hydrogens is 396 g/mol. The first kappa shape index (κ1) is 24.5. The van der Waals surface area contributed by atoms with Crippen LogP contribution in [0.5, 0.6) is 5.75 Å². The van der Waals surface area contributed by atoms with Gasteiger partial charge in [0.15, 0.2) is 0 Å². The van der Waals surface area contributed by atoms with E-state index in [4.69, 9.17) is 4.74 Å². The molecule has 3 nitrogen and oxygen atoms in total. The number of hydrogen-bond donors (Lipinski definition) is 1. The number of unbranched alkanes of at least 4 members (excludes halogenated alkanes) is 3. The Kier molecular flexibility index (Phi) is 8.92. The summed E-state index contributed by atoms with van der Waals surface area (Å²) in [4.78, 5) is 11.8. The lowest BCUT2D eigenvalue weighted by atomic mass is 9.73. The highest BCUT2D eigenvalue weighted by atomic mass is 16.5. The maximum Gasteiger partial charge on any atom is 0.123 e. The number of ether oxygens (including phenoxy) is 1. The number of hydrogen-bond acceptors (Lipinski definition) is 3. The van der Waals surface area contributed by atoms with Crippen LogP contribution in [0, 0.1) is 5.92 Å². The first-order valence-electron chi connectivity index (χ1n) is 12.4. The van der Waals surface area contributed by atoms with Gasteiger partial charge in [-0.25, -0.2) is 0 Å². The summed E-state index contributed by atoms with van der Waals surface area (Å²) in [6, 6.07) is 16.8. The minimum atomic E-state index is -0.354. The van der Waals surface area contributed by atoms with E-state index in [1.54, 1.807) is 0 Å². The summed E-state index contributed by atoms with van der Waals surface area (Å²) in [5.74, 6) is 0.799. The number of rotatable bonds is 11. The second-order valence-corrected chi connectivity index (χ2v) is 10.1. The molecule has 1 fully saturated rings. The van der Waals surface area contributed by atoms with Crippen molar-refractivity contribution in [3.63, 3.8) is 0 Å². The van der Waals surface area contributed by atoms with Crippen LogP contribution in [0.1, 0.15) is 94.7 Å². The molecule has 1 N–H and O–H groups in total. The third-order valence-corrected chi connectivity index (χ3v) is 7.14. The molecule has 1 saturated carbocycles. The Hall–Kier alpha value is -2.13. The molecule has 0 aromatic heterocycles. The Labute approximate surface area is 194 Å². The molecule has 1 aliphatic rings. The molecule has 174 valence electrons. The zero-order chi connectivity index (χ0) is 23.0. The van der Waals surface area contributed by atoms with E-state index in [2.05, 4.69) is 51.1 Å². The van der Waals surface area contributed by atoms with Crippen LogP contribution < -0.4 is 4.74 Å². The van der Waals surface area contributed by atoms with Gasteiger partial charge in [0.2, 0.25) is 0 Å². The van der Waals surface area contributed by atoms with Crippen LogP contribution in [0.15, 0.2) is 48.5 Å². The van der Waals surface area contributed by atoms with Gasteiger partial charge in [-0.2, -0.15) is 0 Å². The quantitative estimate of drug-likeness (QED) is 0.306. The van der Waals surface area contributed by atoms with E-state index in [1.807, 2.05) is 18.2 Å². The standard InChI is InChI=1S/C29H40O3/c1-4-5-6-10-17-29(2,3)24-14-16-26(27-19-25(31)15-13-23(27)20-30)28(18-24)32-21-22-11-8-7-9-12-22/h7-9,11-12,14,16,18,20,23,25,27,31H,4-6,10,13,15,17,19,21H2,1-3H3. The maximum absolute atomic E-state index is 11.8. The van der Waals surface area contributed by atoms with Crippen molar-refractivity contribution in [2.45, 2.75) is 96.2 Å². The first-order valence-corrected chi connectivity index (χ1v) is 12.4. The Balaban J connectivity index is 1.88. The van der Waals surface area contributed by atoms with Gasteiger partial charge in [0.25, 0.3) is 0 Å². The molecule has 0 heterocycles. The van der Waals surface area contributed by atoms with Crippen molar-refractivity contribution in [1.82, 2.24) is 0 Å². The van der Waals surface area contributed by atoms with E-state index in [0.29, 0.717) is 19.4 Å². The average molecular weight is 437 g/mol. The lowest BCUT2D eigenvalue weighted by Crippen LogP contribution is -2.28. The fraction of sp³-hybridized carbons (Fsp3) is 0.552. The SMILES string of the molecule is CCCCCCC(C)(C)c1ccc(C2CC(O)CCC2C=O)c(OCc2ccccc2)c1. The lowest BCUT2D eigenvalue weighted by molar-refractivity contribution is -0.113. The largest absolute Gasteiger partial charge is 0.489 e. The summed E-state index contributed by atoms with van der Waals surface area (Å²) in [5, 5.41) is 10.3. The lowest BCUT2D eigenvalue weighted by Gasteiger charge is -2.33. The zero-order valence-electron chi connectivity index (χ0n) is 20.1. The van der Waals surface area contributed by atoms with E-state index in [1.165, 1.54) is 31.2 Å². The third-order valence-electron chi connectivity index (χ3n) is 7.14. The number of aldehydes is 1. The topological polar surface area (TPSA) is 46.5 Å². The molecular formula is C29H40O3. The number of aliphatic hydroxyl groups excluding tert-OH is 1. The highest BCUT2D eigenvalue weighted by Crippen LogP contribution is 2.43. The van der Waals surface area contributed by atoms with Crippen LogP contribution in [0.4, 0.5) is 0 Å². The normalized spacial score (nSPS) is 21.3. The van der Waals surface area contributed by atoms with Gasteiger partial charge in [0.05, 0.1) is 6.10 Å². The second-order valence-electron chi connectivity index (χ2n) is 10.1. The highest BCUT2D eigenvalue weighted by Gasteiger charge is 2.33. The van der Waals surface area contributed by atoms with Crippen molar-refractivity contribution in [3.8, 4) is 5.75 Å². The maximum atomic E-state index is 11.8. The third kappa shape index (κ3) is 6.45. The van der Waals surface area contributed by atoms with Crippen molar-refractivity contribution in [3.05, 3.63) is 65.2 Å². The Morgan fingerprint density at radius 2 is 1.84 bits per heavy atom. The van der Waals surface area contributed by atoms with Gasteiger partial charge in [0, 0.05) is 5.92 Å². The van der Waals surface area contributed by atoms with E-state index < -0.39 is 0 Å². The molecule has 0 bridgehead atoms. The number of carbonyl (C=O) groups is 1. The molecule has 2 aromatic carbocycles. The van der Waals surface area contributed by atoms with Crippen molar-refractivity contribution in [2.75, 3.05) is 0 Å². The minimum absolute atomic E-state index is 0.00346. The van der Waals surface area contributed by atoms with Crippen LogP contribution in [0.3, 0.4) is 0 Å². The second kappa shape index (κ2) is 11.7.